The van der Waals surface area contributed by atoms with Gasteiger partial charge >= 0.3 is 0 Å². The first-order valence-corrected chi connectivity index (χ1v) is 11.2. The van der Waals surface area contributed by atoms with Gasteiger partial charge in [0.25, 0.3) is 5.91 Å². The van der Waals surface area contributed by atoms with Crippen LogP contribution in [0.3, 0.4) is 0 Å². The van der Waals surface area contributed by atoms with E-state index in [9.17, 15) is 9.18 Å². The van der Waals surface area contributed by atoms with Gasteiger partial charge in [-0.25, -0.2) is 4.39 Å². The summed E-state index contributed by atoms with van der Waals surface area (Å²) >= 11 is 0. The summed E-state index contributed by atoms with van der Waals surface area (Å²) in [5.74, 6) is -0.138. The summed E-state index contributed by atoms with van der Waals surface area (Å²) in [4.78, 5) is 19.3. The summed E-state index contributed by atoms with van der Waals surface area (Å²) in [6, 6.07) is 18.1. The number of aromatic nitrogens is 2. The monoisotopic (exact) mass is 444 g/mol. The van der Waals surface area contributed by atoms with Crippen LogP contribution in [0.1, 0.15) is 46.1 Å². The number of likely N-dealkylation sites (tertiary alicyclic amines) is 1. The van der Waals surface area contributed by atoms with Crippen molar-refractivity contribution < 1.29 is 13.7 Å². The van der Waals surface area contributed by atoms with E-state index in [1.54, 1.807) is 18.2 Å². The molecule has 1 aliphatic rings. The fourth-order valence-electron chi connectivity index (χ4n) is 4.38. The van der Waals surface area contributed by atoms with E-state index in [0.717, 1.165) is 49.2 Å². The molecule has 1 aliphatic heterocycles. The highest BCUT2D eigenvalue weighted by atomic mass is 19.1. The number of pyridine rings is 1. The number of nitrogens with one attached hydrogen (secondary N) is 1. The van der Waals surface area contributed by atoms with Crippen molar-refractivity contribution >= 4 is 16.8 Å². The summed E-state index contributed by atoms with van der Waals surface area (Å²) < 4.78 is 18.3. The number of nitrogens with zero attached hydrogens (tertiary/aromatic N) is 3. The van der Waals surface area contributed by atoms with Crippen LogP contribution in [-0.4, -0.2) is 34.0 Å². The second-order valence-corrected chi connectivity index (χ2v) is 8.46. The Labute approximate surface area is 191 Å². The largest absolute Gasteiger partial charge is 0.351 e. The molecule has 1 fully saturated rings. The molecule has 2 aromatic carbocycles. The molecule has 0 bridgehead atoms. The molecule has 6 nitrogen and oxygen atoms in total. The van der Waals surface area contributed by atoms with Crippen LogP contribution in [0.4, 0.5) is 4.39 Å². The first kappa shape index (κ1) is 21.3. The standard InChI is InChI=1S/C26H25FN4O2/c27-21-7-5-18(6-8-21)16-29-26(32)25-15-24(30-33-25)19-10-13-31(14-11-19)17-20-9-12-28-23-4-2-1-3-22(20)23/h1-9,12,15,19H,10-11,13-14,16-17H2,(H,29,32). The molecule has 1 N–H and O–H groups in total. The number of fused-ring (bicyclic) bond motifs is 1. The molecule has 0 atom stereocenters. The zero-order valence-electron chi connectivity index (χ0n) is 18.2. The maximum absolute atomic E-state index is 13.0. The number of hydrogen-bond acceptors (Lipinski definition) is 5. The molecule has 0 aliphatic carbocycles. The third-order valence-corrected chi connectivity index (χ3v) is 6.26. The van der Waals surface area contributed by atoms with Gasteiger partial charge in [0, 0.05) is 36.7 Å². The van der Waals surface area contributed by atoms with E-state index in [2.05, 4.69) is 38.6 Å². The van der Waals surface area contributed by atoms with Crippen molar-refractivity contribution in [2.24, 2.45) is 0 Å². The molecule has 2 aromatic heterocycles. The smallest absolute Gasteiger partial charge is 0.290 e. The maximum Gasteiger partial charge on any atom is 0.290 e. The summed E-state index contributed by atoms with van der Waals surface area (Å²) in [5.41, 5.74) is 3.97. The topological polar surface area (TPSA) is 71.3 Å². The lowest BCUT2D eigenvalue weighted by Gasteiger charge is -2.31. The van der Waals surface area contributed by atoms with Crippen LogP contribution in [0.2, 0.25) is 0 Å². The van der Waals surface area contributed by atoms with Gasteiger partial charge < -0.3 is 9.84 Å². The Bertz CT molecular complexity index is 1240. The predicted octanol–water partition coefficient (Wildman–Crippen LogP) is 4.67. The van der Waals surface area contributed by atoms with E-state index in [1.807, 2.05) is 18.3 Å². The third-order valence-electron chi connectivity index (χ3n) is 6.26. The summed E-state index contributed by atoms with van der Waals surface area (Å²) in [7, 11) is 0. The highest BCUT2D eigenvalue weighted by Crippen LogP contribution is 2.29. The Morgan fingerprint density at radius 3 is 2.70 bits per heavy atom. The average molecular weight is 445 g/mol. The minimum atomic E-state index is -0.319. The van der Waals surface area contributed by atoms with Crippen LogP contribution in [0.25, 0.3) is 10.9 Å². The summed E-state index contributed by atoms with van der Waals surface area (Å²) in [6.45, 7) is 3.11. The minimum Gasteiger partial charge on any atom is -0.351 e. The summed E-state index contributed by atoms with van der Waals surface area (Å²) in [5, 5.41) is 8.16. The van der Waals surface area contributed by atoms with Gasteiger partial charge in [-0.2, -0.15) is 0 Å². The number of benzene rings is 2. The quantitative estimate of drug-likeness (QED) is 0.468. The molecular formula is C26H25FN4O2. The maximum atomic E-state index is 13.0. The van der Waals surface area contributed by atoms with Crippen molar-refractivity contribution in [3.05, 3.63) is 95.3 Å². The van der Waals surface area contributed by atoms with Gasteiger partial charge in [0.05, 0.1) is 11.2 Å². The van der Waals surface area contributed by atoms with E-state index in [1.165, 1.54) is 23.1 Å². The molecule has 3 heterocycles. The first-order chi connectivity index (χ1) is 16.2. The average Bonchev–Trinajstić information content (AvgIpc) is 3.35. The molecule has 33 heavy (non-hydrogen) atoms. The number of carbonyl (C=O) groups excluding carboxylic acids is 1. The van der Waals surface area contributed by atoms with Gasteiger partial charge in [-0.3, -0.25) is 14.7 Å². The Hall–Kier alpha value is -3.58. The molecule has 5 rings (SSSR count). The van der Waals surface area contributed by atoms with Gasteiger partial charge in [0.1, 0.15) is 5.82 Å². The molecule has 0 radical (unpaired) electrons. The van der Waals surface area contributed by atoms with Gasteiger partial charge in [-0.05, 0) is 61.3 Å². The molecule has 1 amide bonds. The molecule has 1 saturated heterocycles. The van der Waals surface area contributed by atoms with Crippen LogP contribution in [0, 0.1) is 5.82 Å². The van der Waals surface area contributed by atoms with Crippen molar-refractivity contribution in [2.45, 2.75) is 31.8 Å². The fraction of sp³-hybridized carbons (Fsp3) is 0.269. The number of piperidine rings is 1. The van der Waals surface area contributed by atoms with Gasteiger partial charge in [-0.15, -0.1) is 0 Å². The van der Waals surface area contributed by atoms with Crippen molar-refractivity contribution in [1.82, 2.24) is 20.4 Å². The lowest BCUT2D eigenvalue weighted by Crippen LogP contribution is -2.32. The van der Waals surface area contributed by atoms with Crippen LogP contribution in [0.5, 0.6) is 0 Å². The zero-order valence-corrected chi connectivity index (χ0v) is 18.2. The molecule has 0 unspecified atom stereocenters. The van der Waals surface area contributed by atoms with Gasteiger partial charge in [0.2, 0.25) is 5.76 Å². The Kier molecular flexibility index (Phi) is 6.13. The number of rotatable bonds is 6. The predicted molar refractivity (Wildman–Crippen MR) is 123 cm³/mol. The lowest BCUT2D eigenvalue weighted by molar-refractivity contribution is 0.0913. The van der Waals surface area contributed by atoms with E-state index in [4.69, 9.17) is 4.52 Å². The molecule has 168 valence electrons. The molecule has 0 spiro atoms. The van der Waals surface area contributed by atoms with Crippen LogP contribution < -0.4 is 5.32 Å². The molecule has 7 heteroatoms. The highest BCUT2D eigenvalue weighted by Gasteiger charge is 2.25. The summed E-state index contributed by atoms with van der Waals surface area (Å²) in [6.07, 6.45) is 3.81. The van der Waals surface area contributed by atoms with Crippen LogP contribution in [0.15, 0.2) is 71.4 Å². The molecule has 4 aromatic rings. The lowest BCUT2D eigenvalue weighted by atomic mass is 9.93. The van der Waals surface area contributed by atoms with Crippen molar-refractivity contribution in [1.29, 1.82) is 0 Å². The Balaban J connectivity index is 1.15. The number of carbonyl (C=O) groups is 1. The van der Waals surface area contributed by atoms with Crippen molar-refractivity contribution in [3.8, 4) is 0 Å². The van der Waals surface area contributed by atoms with Gasteiger partial charge in [0.15, 0.2) is 0 Å². The zero-order chi connectivity index (χ0) is 22.6. The number of para-hydroxylation sites is 1. The van der Waals surface area contributed by atoms with Crippen molar-refractivity contribution in [2.75, 3.05) is 13.1 Å². The highest BCUT2D eigenvalue weighted by molar-refractivity contribution is 5.91. The molecule has 0 saturated carbocycles. The SMILES string of the molecule is O=C(NCc1ccc(F)cc1)c1cc(C2CCN(Cc3ccnc4ccccc34)CC2)no1. The van der Waals surface area contributed by atoms with E-state index in [0.29, 0.717) is 6.54 Å². The van der Waals surface area contributed by atoms with Crippen LogP contribution in [-0.2, 0) is 13.1 Å². The Morgan fingerprint density at radius 1 is 1.09 bits per heavy atom. The first-order valence-electron chi connectivity index (χ1n) is 11.2. The van der Waals surface area contributed by atoms with Gasteiger partial charge in [-0.1, -0.05) is 35.5 Å². The number of halogens is 1. The number of amides is 1. The van der Waals surface area contributed by atoms with Crippen molar-refractivity contribution in [3.63, 3.8) is 0 Å². The fourth-order valence-corrected chi connectivity index (χ4v) is 4.38. The Morgan fingerprint density at radius 2 is 1.88 bits per heavy atom. The van der Waals surface area contributed by atoms with E-state index in [-0.39, 0.29) is 23.4 Å². The second kappa shape index (κ2) is 9.50. The molecular weight excluding hydrogens is 419 g/mol. The second-order valence-electron chi connectivity index (χ2n) is 8.46. The minimum absolute atomic E-state index is 0.206. The normalized spacial score (nSPS) is 15.1. The van der Waals surface area contributed by atoms with E-state index >= 15 is 0 Å². The van der Waals surface area contributed by atoms with E-state index < -0.39 is 0 Å². The third kappa shape index (κ3) is 4.93. The van der Waals surface area contributed by atoms with Crippen LogP contribution >= 0.6 is 0 Å². The number of hydrogen-bond donors (Lipinski definition) is 1.